The van der Waals surface area contributed by atoms with Crippen LogP contribution in [0.1, 0.15) is 19.4 Å². The van der Waals surface area contributed by atoms with Gasteiger partial charge >= 0.3 is 0 Å². The van der Waals surface area contributed by atoms with Crippen LogP contribution in [0.2, 0.25) is 0 Å². The number of fused-ring (bicyclic) bond motifs is 1. The maximum Gasteiger partial charge on any atom is 0.267 e. The van der Waals surface area contributed by atoms with Crippen molar-refractivity contribution in [3.63, 3.8) is 0 Å². The fourth-order valence-corrected chi connectivity index (χ4v) is 3.11. The second kappa shape index (κ2) is 7.09. The van der Waals surface area contributed by atoms with Crippen molar-refractivity contribution in [2.45, 2.75) is 26.3 Å². The van der Waals surface area contributed by atoms with Crippen molar-refractivity contribution in [1.82, 2.24) is 9.78 Å². The molecule has 0 radical (unpaired) electrons. The highest BCUT2D eigenvalue weighted by Gasteiger charge is 2.32. The molecule has 0 unspecified atom stereocenters. The van der Waals surface area contributed by atoms with Crippen LogP contribution in [0.3, 0.4) is 0 Å². The Hall–Kier alpha value is -3.61. The van der Waals surface area contributed by atoms with Gasteiger partial charge < -0.3 is 14.8 Å². The van der Waals surface area contributed by atoms with Gasteiger partial charge in [-0.2, -0.15) is 5.10 Å². The number of carbonyl (C=O) groups is 1. The zero-order chi connectivity index (χ0) is 20.6. The van der Waals surface area contributed by atoms with Crippen LogP contribution >= 0.6 is 0 Å². The summed E-state index contributed by atoms with van der Waals surface area (Å²) in [4.78, 5) is 25.5. The van der Waals surface area contributed by atoms with Crippen molar-refractivity contribution in [3.05, 3.63) is 70.5 Å². The summed E-state index contributed by atoms with van der Waals surface area (Å²) in [6.45, 7) is 5.42. The number of aromatic nitrogens is 2. The van der Waals surface area contributed by atoms with E-state index in [1.165, 1.54) is 10.7 Å². The van der Waals surface area contributed by atoms with E-state index in [9.17, 15) is 9.59 Å². The molecular weight excluding hydrogens is 370 g/mol. The molecule has 1 aliphatic rings. The molecule has 0 saturated heterocycles. The molecule has 1 amide bonds. The van der Waals surface area contributed by atoms with E-state index in [4.69, 9.17) is 9.47 Å². The SMILES string of the molecule is Cc1ccccc1NC(=O)C(C)(C)n1nc(-c2ccc3c(c2)OCO3)ccc1=O. The molecule has 2 heterocycles. The van der Waals surface area contributed by atoms with E-state index in [0.717, 1.165) is 11.1 Å². The molecule has 0 atom stereocenters. The lowest BCUT2D eigenvalue weighted by atomic mass is 10.0. The number of aryl methyl sites for hydroxylation is 1. The number of nitrogens with zero attached hydrogens (tertiary/aromatic N) is 2. The lowest BCUT2D eigenvalue weighted by molar-refractivity contribution is -0.123. The molecule has 0 saturated carbocycles. The molecule has 0 spiro atoms. The van der Waals surface area contributed by atoms with Crippen molar-refractivity contribution in [1.29, 1.82) is 0 Å². The number of para-hydroxylation sites is 1. The largest absolute Gasteiger partial charge is 0.454 e. The molecule has 3 aromatic rings. The number of rotatable bonds is 4. The summed E-state index contributed by atoms with van der Waals surface area (Å²) in [5, 5.41) is 7.37. The molecule has 7 nitrogen and oxygen atoms in total. The molecule has 0 aliphatic carbocycles. The number of ether oxygens (including phenoxy) is 2. The Balaban J connectivity index is 1.68. The molecule has 148 valence electrons. The summed E-state index contributed by atoms with van der Waals surface area (Å²) in [7, 11) is 0. The van der Waals surface area contributed by atoms with Gasteiger partial charge in [-0.15, -0.1) is 0 Å². The molecule has 29 heavy (non-hydrogen) atoms. The van der Waals surface area contributed by atoms with E-state index in [1.807, 2.05) is 37.3 Å². The fourth-order valence-electron chi connectivity index (χ4n) is 3.11. The second-order valence-electron chi connectivity index (χ2n) is 7.36. The number of hydrogen-bond acceptors (Lipinski definition) is 5. The van der Waals surface area contributed by atoms with E-state index in [2.05, 4.69) is 10.4 Å². The van der Waals surface area contributed by atoms with Gasteiger partial charge in [-0.3, -0.25) is 9.59 Å². The first-order chi connectivity index (χ1) is 13.9. The number of carbonyl (C=O) groups excluding carboxylic acids is 1. The molecule has 0 bridgehead atoms. The van der Waals surface area contributed by atoms with E-state index in [-0.39, 0.29) is 18.3 Å². The Morgan fingerprint density at radius 2 is 1.83 bits per heavy atom. The molecule has 1 aromatic heterocycles. The predicted octanol–water partition coefficient (Wildman–Crippen LogP) is 3.32. The van der Waals surface area contributed by atoms with Crippen LogP contribution in [0.5, 0.6) is 11.5 Å². The van der Waals surface area contributed by atoms with Gasteiger partial charge in [0, 0.05) is 17.3 Å². The number of nitrogens with one attached hydrogen (secondary N) is 1. The van der Waals surface area contributed by atoms with Crippen molar-refractivity contribution >= 4 is 11.6 Å². The fraction of sp³-hybridized carbons (Fsp3) is 0.227. The molecule has 0 fully saturated rings. The third kappa shape index (κ3) is 3.47. The first-order valence-corrected chi connectivity index (χ1v) is 9.24. The number of hydrogen-bond donors (Lipinski definition) is 1. The van der Waals surface area contributed by atoms with Crippen molar-refractivity contribution in [3.8, 4) is 22.8 Å². The maximum atomic E-state index is 13.0. The maximum absolute atomic E-state index is 13.0. The standard InChI is InChI=1S/C22H21N3O4/c1-14-6-4-5-7-16(14)23-21(27)22(2,3)25-20(26)11-9-17(24-25)15-8-10-18-19(12-15)29-13-28-18/h4-12H,13H2,1-3H3,(H,23,27). The third-order valence-corrected chi connectivity index (χ3v) is 4.95. The normalized spacial score (nSPS) is 12.7. The average Bonchev–Trinajstić information content (AvgIpc) is 3.17. The zero-order valence-corrected chi connectivity index (χ0v) is 16.4. The van der Waals surface area contributed by atoms with Crippen molar-refractivity contribution < 1.29 is 14.3 Å². The van der Waals surface area contributed by atoms with E-state index in [1.54, 1.807) is 32.0 Å². The van der Waals surface area contributed by atoms with Gasteiger partial charge in [0.1, 0.15) is 5.54 Å². The number of benzene rings is 2. The first kappa shape index (κ1) is 18.7. The minimum atomic E-state index is -1.20. The molecular formula is C22H21N3O4. The summed E-state index contributed by atoms with van der Waals surface area (Å²) in [5.41, 5.74) is 1.39. The Kier molecular flexibility index (Phi) is 4.58. The molecule has 1 N–H and O–H groups in total. The second-order valence-corrected chi connectivity index (χ2v) is 7.36. The quantitative estimate of drug-likeness (QED) is 0.738. The monoisotopic (exact) mass is 391 g/mol. The van der Waals surface area contributed by atoms with Crippen LogP contribution in [-0.4, -0.2) is 22.5 Å². The van der Waals surface area contributed by atoms with Gasteiger partial charge in [0.05, 0.1) is 5.69 Å². The highest BCUT2D eigenvalue weighted by Crippen LogP contribution is 2.35. The highest BCUT2D eigenvalue weighted by atomic mass is 16.7. The molecule has 7 heteroatoms. The van der Waals surface area contributed by atoms with Gasteiger partial charge in [0.25, 0.3) is 11.5 Å². The molecule has 2 aromatic carbocycles. The zero-order valence-electron chi connectivity index (χ0n) is 16.4. The van der Waals surface area contributed by atoms with E-state index in [0.29, 0.717) is 22.9 Å². The average molecular weight is 391 g/mol. The van der Waals surface area contributed by atoms with Gasteiger partial charge in [0.15, 0.2) is 11.5 Å². The summed E-state index contributed by atoms with van der Waals surface area (Å²) in [6, 6.07) is 16.0. The van der Waals surface area contributed by atoms with Crippen molar-refractivity contribution in [2.75, 3.05) is 12.1 Å². The summed E-state index contributed by atoms with van der Waals surface area (Å²) >= 11 is 0. The van der Waals surface area contributed by atoms with E-state index >= 15 is 0 Å². The minimum Gasteiger partial charge on any atom is -0.454 e. The van der Waals surface area contributed by atoms with Gasteiger partial charge in [-0.1, -0.05) is 18.2 Å². The van der Waals surface area contributed by atoms with Crippen molar-refractivity contribution in [2.24, 2.45) is 0 Å². The summed E-state index contributed by atoms with van der Waals surface area (Å²) < 4.78 is 12.0. The molecule has 1 aliphatic heterocycles. The Morgan fingerprint density at radius 1 is 1.07 bits per heavy atom. The topological polar surface area (TPSA) is 82.5 Å². The van der Waals surface area contributed by atoms with E-state index < -0.39 is 5.54 Å². The van der Waals surface area contributed by atoms with Crippen LogP contribution < -0.4 is 20.3 Å². The van der Waals surface area contributed by atoms with Crippen LogP contribution in [0, 0.1) is 6.92 Å². The summed E-state index contributed by atoms with van der Waals surface area (Å²) in [5.74, 6) is 0.961. The van der Waals surface area contributed by atoms with Crippen LogP contribution in [0.4, 0.5) is 5.69 Å². The predicted molar refractivity (Wildman–Crippen MR) is 109 cm³/mol. The van der Waals surface area contributed by atoms with Crippen LogP contribution in [0.15, 0.2) is 59.4 Å². The smallest absolute Gasteiger partial charge is 0.267 e. The Bertz CT molecular complexity index is 1150. The summed E-state index contributed by atoms with van der Waals surface area (Å²) in [6.07, 6.45) is 0. The van der Waals surface area contributed by atoms with Gasteiger partial charge in [-0.05, 0) is 56.7 Å². The van der Waals surface area contributed by atoms with Crippen LogP contribution in [0.25, 0.3) is 11.3 Å². The first-order valence-electron chi connectivity index (χ1n) is 9.24. The third-order valence-electron chi connectivity index (χ3n) is 4.95. The Labute approximate surface area is 167 Å². The van der Waals surface area contributed by atoms with Crippen LogP contribution in [-0.2, 0) is 10.3 Å². The number of anilines is 1. The highest BCUT2D eigenvalue weighted by molar-refractivity contribution is 5.96. The lowest BCUT2D eigenvalue weighted by Gasteiger charge is -2.25. The minimum absolute atomic E-state index is 0.178. The number of amides is 1. The molecule has 4 rings (SSSR count). The lowest BCUT2D eigenvalue weighted by Crippen LogP contribution is -2.47. The van der Waals surface area contributed by atoms with Gasteiger partial charge in [-0.25, -0.2) is 4.68 Å². The Morgan fingerprint density at radius 3 is 2.62 bits per heavy atom. The van der Waals surface area contributed by atoms with Gasteiger partial charge in [0.2, 0.25) is 6.79 Å².